The Morgan fingerprint density at radius 2 is 1.61 bits per heavy atom. The summed E-state index contributed by atoms with van der Waals surface area (Å²) < 4.78 is 5.05. The Bertz CT molecular complexity index is 1170. The van der Waals surface area contributed by atoms with Crippen LogP contribution < -0.4 is 10.6 Å². The number of nitrogens with one attached hydrogen (secondary N) is 2. The van der Waals surface area contributed by atoms with E-state index >= 15 is 0 Å². The monoisotopic (exact) mass is 390 g/mol. The van der Waals surface area contributed by atoms with Crippen molar-refractivity contribution in [1.29, 1.82) is 0 Å². The SMILES string of the molecule is O=C(Nc1ccc(NC(=O)c2ccco2)c(Cl)c1)c1ccc2ccccc2c1. The molecule has 0 bridgehead atoms. The van der Waals surface area contributed by atoms with Gasteiger partial charge in [0.1, 0.15) is 0 Å². The van der Waals surface area contributed by atoms with E-state index in [9.17, 15) is 9.59 Å². The van der Waals surface area contributed by atoms with E-state index in [1.54, 1.807) is 36.4 Å². The second-order valence-corrected chi connectivity index (χ2v) is 6.55. The molecule has 4 aromatic rings. The summed E-state index contributed by atoms with van der Waals surface area (Å²) in [4.78, 5) is 24.6. The molecule has 6 heteroatoms. The van der Waals surface area contributed by atoms with Gasteiger partial charge >= 0.3 is 0 Å². The van der Waals surface area contributed by atoms with E-state index in [1.807, 2.05) is 36.4 Å². The molecule has 0 aliphatic heterocycles. The number of amides is 2. The molecule has 0 radical (unpaired) electrons. The largest absolute Gasteiger partial charge is 0.459 e. The first-order chi connectivity index (χ1) is 13.6. The summed E-state index contributed by atoms with van der Waals surface area (Å²) in [5, 5.41) is 7.85. The summed E-state index contributed by atoms with van der Waals surface area (Å²) in [5.41, 5.74) is 1.50. The van der Waals surface area contributed by atoms with Crippen molar-refractivity contribution in [2.75, 3.05) is 10.6 Å². The molecule has 0 unspecified atom stereocenters. The van der Waals surface area contributed by atoms with Crippen LogP contribution in [-0.4, -0.2) is 11.8 Å². The van der Waals surface area contributed by atoms with Crippen molar-refractivity contribution in [1.82, 2.24) is 0 Å². The molecule has 1 aromatic heterocycles. The molecule has 0 spiro atoms. The van der Waals surface area contributed by atoms with Crippen molar-refractivity contribution in [3.63, 3.8) is 0 Å². The number of furan rings is 1. The number of anilines is 2. The van der Waals surface area contributed by atoms with Gasteiger partial charge in [-0.15, -0.1) is 0 Å². The van der Waals surface area contributed by atoms with Gasteiger partial charge in [0.05, 0.1) is 17.0 Å². The van der Waals surface area contributed by atoms with Crippen molar-refractivity contribution in [3.8, 4) is 0 Å². The fourth-order valence-corrected chi connectivity index (χ4v) is 3.05. The summed E-state index contributed by atoms with van der Waals surface area (Å²) in [6, 6.07) is 21.4. The van der Waals surface area contributed by atoms with Gasteiger partial charge in [-0.2, -0.15) is 0 Å². The highest BCUT2D eigenvalue weighted by Crippen LogP contribution is 2.26. The minimum absolute atomic E-state index is 0.185. The van der Waals surface area contributed by atoms with Crippen molar-refractivity contribution in [2.24, 2.45) is 0 Å². The average Bonchev–Trinajstić information content (AvgIpc) is 3.24. The molecule has 1 heterocycles. The fourth-order valence-electron chi connectivity index (χ4n) is 2.82. The Morgan fingerprint density at radius 1 is 0.786 bits per heavy atom. The van der Waals surface area contributed by atoms with Gasteiger partial charge in [0.25, 0.3) is 11.8 Å². The number of hydrogen-bond acceptors (Lipinski definition) is 3. The van der Waals surface area contributed by atoms with Crippen LogP contribution in [0.2, 0.25) is 5.02 Å². The Kier molecular flexibility index (Phi) is 4.83. The van der Waals surface area contributed by atoms with Crippen LogP contribution in [0.5, 0.6) is 0 Å². The standard InChI is InChI=1S/C22H15ClN2O3/c23-18-13-17(9-10-19(18)25-22(27)20-6-3-11-28-20)24-21(26)16-8-7-14-4-1-2-5-15(14)12-16/h1-13H,(H,24,26)(H,25,27). The minimum Gasteiger partial charge on any atom is -0.459 e. The highest BCUT2D eigenvalue weighted by Gasteiger charge is 2.12. The van der Waals surface area contributed by atoms with E-state index in [0.717, 1.165) is 10.8 Å². The maximum atomic E-state index is 12.6. The number of carbonyl (C=O) groups is 2. The van der Waals surface area contributed by atoms with E-state index in [2.05, 4.69) is 10.6 Å². The van der Waals surface area contributed by atoms with E-state index in [4.69, 9.17) is 16.0 Å². The molecule has 0 saturated heterocycles. The second kappa shape index (κ2) is 7.58. The van der Waals surface area contributed by atoms with Crippen LogP contribution in [0.3, 0.4) is 0 Å². The normalized spacial score (nSPS) is 10.6. The molecule has 28 heavy (non-hydrogen) atoms. The molecule has 4 rings (SSSR count). The molecular formula is C22H15ClN2O3. The third-order valence-electron chi connectivity index (χ3n) is 4.23. The Labute approximate surface area is 165 Å². The molecule has 0 fully saturated rings. The summed E-state index contributed by atoms with van der Waals surface area (Å²) >= 11 is 6.25. The van der Waals surface area contributed by atoms with Crippen LogP contribution in [0.15, 0.2) is 83.5 Å². The van der Waals surface area contributed by atoms with Crippen LogP contribution in [0.1, 0.15) is 20.9 Å². The lowest BCUT2D eigenvalue weighted by Gasteiger charge is -2.10. The van der Waals surface area contributed by atoms with Gasteiger partial charge in [-0.05, 0) is 53.2 Å². The molecule has 0 aliphatic carbocycles. The van der Waals surface area contributed by atoms with Gasteiger partial charge in [0.2, 0.25) is 0 Å². The second-order valence-electron chi connectivity index (χ2n) is 6.14. The van der Waals surface area contributed by atoms with Crippen LogP contribution >= 0.6 is 11.6 Å². The van der Waals surface area contributed by atoms with Gasteiger partial charge in [0.15, 0.2) is 5.76 Å². The van der Waals surface area contributed by atoms with E-state index in [1.165, 1.54) is 6.26 Å². The van der Waals surface area contributed by atoms with Crippen molar-refractivity contribution in [3.05, 3.63) is 95.4 Å². The van der Waals surface area contributed by atoms with Crippen molar-refractivity contribution >= 4 is 45.6 Å². The maximum Gasteiger partial charge on any atom is 0.291 e. The summed E-state index contributed by atoms with van der Waals surface area (Å²) in [7, 11) is 0. The van der Waals surface area contributed by atoms with Gasteiger partial charge < -0.3 is 15.1 Å². The van der Waals surface area contributed by atoms with Gasteiger partial charge in [0, 0.05) is 11.3 Å². The number of halogens is 1. The van der Waals surface area contributed by atoms with Crippen molar-refractivity contribution < 1.29 is 14.0 Å². The van der Waals surface area contributed by atoms with Crippen LogP contribution in [0.25, 0.3) is 10.8 Å². The third-order valence-corrected chi connectivity index (χ3v) is 4.54. The lowest BCUT2D eigenvalue weighted by Crippen LogP contribution is -2.13. The first-order valence-corrected chi connectivity index (χ1v) is 8.92. The molecule has 138 valence electrons. The van der Waals surface area contributed by atoms with Crippen LogP contribution in [-0.2, 0) is 0 Å². The number of carbonyl (C=O) groups excluding carboxylic acids is 2. The summed E-state index contributed by atoms with van der Waals surface area (Å²) in [6.45, 7) is 0. The first kappa shape index (κ1) is 17.8. The zero-order valence-electron chi connectivity index (χ0n) is 14.6. The molecule has 5 nitrogen and oxygen atoms in total. The zero-order chi connectivity index (χ0) is 19.5. The predicted molar refractivity (Wildman–Crippen MR) is 110 cm³/mol. The maximum absolute atomic E-state index is 12.6. The quantitative estimate of drug-likeness (QED) is 0.477. The molecule has 2 N–H and O–H groups in total. The molecule has 0 atom stereocenters. The first-order valence-electron chi connectivity index (χ1n) is 8.55. The smallest absolute Gasteiger partial charge is 0.291 e. The van der Waals surface area contributed by atoms with Crippen molar-refractivity contribution in [2.45, 2.75) is 0 Å². The van der Waals surface area contributed by atoms with Crippen LogP contribution in [0.4, 0.5) is 11.4 Å². The molecule has 2 amide bonds. The number of fused-ring (bicyclic) bond motifs is 1. The Morgan fingerprint density at radius 3 is 2.36 bits per heavy atom. The predicted octanol–water partition coefficient (Wildman–Crippen LogP) is 5.59. The third kappa shape index (κ3) is 3.75. The lowest BCUT2D eigenvalue weighted by molar-refractivity contribution is 0.0994. The molecular weight excluding hydrogens is 376 g/mol. The van der Waals surface area contributed by atoms with E-state index in [-0.39, 0.29) is 11.7 Å². The Hall–Kier alpha value is -3.57. The van der Waals surface area contributed by atoms with Gasteiger partial charge in [-0.25, -0.2) is 0 Å². The van der Waals surface area contributed by atoms with E-state index in [0.29, 0.717) is 22.0 Å². The minimum atomic E-state index is -0.403. The summed E-state index contributed by atoms with van der Waals surface area (Å²) in [6.07, 6.45) is 1.42. The molecule has 0 aliphatic rings. The zero-order valence-corrected chi connectivity index (χ0v) is 15.4. The highest BCUT2D eigenvalue weighted by atomic mass is 35.5. The number of rotatable bonds is 4. The fraction of sp³-hybridized carbons (Fsp3) is 0. The highest BCUT2D eigenvalue weighted by molar-refractivity contribution is 6.34. The molecule has 0 saturated carbocycles. The summed E-state index contributed by atoms with van der Waals surface area (Å²) in [5.74, 6) is -0.459. The molecule has 3 aromatic carbocycles. The number of hydrogen-bond donors (Lipinski definition) is 2. The van der Waals surface area contributed by atoms with Crippen LogP contribution in [0, 0.1) is 0 Å². The van der Waals surface area contributed by atoms with Gasteiger partial charge in [-0.1, -0.05) is 41.9 Å². The topological polar surface area (TPSA) is 71.3 Å². The number of benzene rings is 3. The van der Waals surface area contributed by atoms with E-state index < -0.39 is 5.91 Å². The van der Waals surface area contributed by atoms with Gasteiger partial charge in [-0.3, -0.25) is 9.59 Å². The average molecular weight is 391 g/mol. The lowest BCUT2D eigenvalue weighted by atomic mass is 10.1. The Balaban J connectivity index is 1.49.